The zero-order valence-electron chi connectivity index (χ0n) is 9.67. The highest BCUT2D eigenvalue weighted by molar-refractivity contribution is 6.60. The van der Waals surface area contributed by atoms with Crippen molar-refractivity contribution in [3.05, 3.63) is 0 Å². The number of carbonyl (C=O) groups excluding carboxylic acids is 1. The summed E-state index contributed by atoms with van der Waals surface area (Å²) in [5.41, 5.74) is -0.668. The van der Waals surface area contributed by atoms with Gasteiger partial charge in [-0.05, 0) is 20.8 Å². The first kappa shape index (κ1) is 13.2. The van der Waals surface area contributed by atoms with Gasteiger partial charge in [-0.2, -0.15) is 0 Å². The molecule has 1 amide bonds. The van der Waals surface area contributed by atoms with E-state index in [4.69, 9.17) is 4.74 Å². The van der Waals surface area contributed by atoms with Crippen molar-refractivity contribution in [2.45, 2.75) is 38.6 Å². The second kappa shape index (κ2) is 4.18. The largest absolute Gasteiger partial charge is 0.483 e. The van der Waals surface area contributed by atoms with Gasteiger partial charge in [-0.1, -0.05) is 12.2 Å². The third-order valence-electron chi connectivity index (χ3n) is 2.41. The maximum atomic E-state index is 12.4. The van der Waals surface area contributed by atoms with E-state index in [9.17, 15) is 17.7 Å². The first-order valence-electron chi connectivity index (χ1n) is 5.27. The Morgan fingerprint density at radius 2 is 1.94 bits per heavy atom. The van der Waals surface area contributed by atoms with Crippen LogP contribution in [0.5, 0.6) is 0 Å². The van der Waals surface area contributed by atoms with Gasteiger partial charge in [0, 0.05) is 13.1 Å². The van der Waals surface area contributed by atoms with Crippen LogP contribution in [-0.2, 0) is 4.74 Å². The molecule has 0 bridgehead atoms. The third-order valence-corrected chi connectivity index (χ3v) is 2.41. The lowest BCUT2D eigenvalue weighted by atomic mass is 9.72. The molecule has 0 aromatic heterocycles. The molecule has 3 nitrogen and oxygen atoms in total. The molecule has 1 atom stereocenters. The fourth-order valence-electron chi connectivity index (χ4n) is 1.59. The van der Waals surface area contributed by atoms with Crippen LogP contribution >= 0.6 is 0 Å². The van der Waals surface area contributed by atoms with Crippen LogP contribution in [0.15, 0.2) is 0 Å². The minimum Gasteiger partial charge on any atom is -0.449 e. The first-order valence-corrected chi connectivity index (χ1v) is 5.27. The number of hydrogen-bond acceptors (Lipinski definition) is 2. The Hall–Kier alpha value is -0.875. The third kappa shape index (κ3) is 3.61. The normalized spacial score (nSPS) is 22.4. The number of amides is 1. The molecule has 1 fully saturated rings. The minimum atomic E-state index is -4.85. The molecule has 16 heavy (non-hydrogen) atoms. The van der Waals surface area contributed by atoms with Crippen molar-refractivity contribution in [2.75, 3.05) is 13.1 Å². The highest BCUT2D eigenvalue weighted by atomic mass is 19.4. The first-order chi connectivity index (χ1) is 7.09. The Morgan fingerprint density at radius 3 is 2.31 bits per heavy atom. The molecule has 0 aromatic carbocycles. The van der Waals surface area contributed by atoms with Crippen LogP contribution < -0.4 is 0 Å². The van der Waals surface area contributed by atoms with Crippen LogP contribution in [0.2, 0.25) is 5.82 Å². The van der Waals surface area contributed by atoms with Crippen molar-refractivity contribution in [3.8, 4) is 0 Å². The molecule has 1 rings (SSSR count). The van der Waals surface area contributed by atoms with E-state index in [1.165, 1.54) is 0 Å². The quantitative estimate of drug-likeness (QED) is 0.657. The van der Waals surface area contributed by atoms with E-state index < -0.39 is 24.5 Å². The van der Waals surface area contributed by atoms with E-state index in [0.717, 1.165) is 4.90 Å². The van der Waals surface area contributed by atoms with Crippen LogP contribution in [-0.4, -0.2) is 36.7 Å². The van der Waals surface area contributed by atoms with E-state index in [1.54, 1.807) is 20.8 Å². The van der Waals surface area contributed by atoms with E-state index in [0.29, 0.717) is 0 Å². The fraction of sp³-hybridized carbons (Fsp3) is 0.889. The summed E-state index contributed by atoms with van der Waals surface area (Å²) in [5, 5.41) is 0. The van der Waals surface area contributed by atoms with Crippen LogP contribution in [0.4, 0.5) is 17.7 Å². The number of carbonyl (C=O) groups is 1. The zero-order chi connectivity index (χ0) is 12.6. The highest BCUT2D eigenvalue weighted by Crippen LogP contribution is 2.35. The Kier molecular flexibility index (Phi) is 3.45. The lowest BCUT2D eigenvalue weighted by Gasteiger charge is -2.26. The molecule has 0 N–H and O–H groups in total. The van der Waals surface area contributed by atoms with Crippen LogP contribution in [0.1, 0.15) is 27.2 Å². The molecule has 1 heterocycles. The van der Waals surface area contributed by atoms with Gasteiger partial charge < -0.3 is 22.6 Å². The molecule has 0 unspecified atom stereocenters. The molecular weight excluding hydrogens is 222 g/mol. The summed E-state index contributed by atoms with van der Waals surface area (Å²) in [4.78, 5) is 12.6. The molecule has 94 valence electrons. The summed E-state index contributed by atoms with van der Waals surface area (Å²) in [5.74, 6) is -1.35. The van der Waals surface area contributed by atoms with Crippen molar-refractivity contribution in [2.24, 2.45) is 0 Å². The number of nitrogens with zero attached hydrogens (tertiary/aromatic N) is 1. The monoisotopic (exact) mass is 238 g/mol. The van der Waals surface area contributed by atoms with Gasteiger partial charge in [0.1, 0.15) is 5.60 Å². The Labute approximate surface area is 93.0 Å². The SMILES string of the molecule is CC(C)(C)OC(=O)N1CC[C@@H]([B-](F)(F)F)C1. The molecule has 1 saturated heterocycles. The molecule has 0 radical (unpaired) electrons. The van der Waals surface area contributed by atoms with Crippen molar-refractivity contribution >= 4 is 13.1 Å². The smallest absolute Gasteiger partial charge is 0.449 e. The summed E-state index contributed by atoms with van der Waals surface area (Å²) in [6.07, 6.45) is -0.669. The average Bonchev–Trinajstić information content (AvgIpc) is 2.46. The molecule has 7 heteroatoms. The van der Waals surface area contributed by atoms with Crippen molar-refractivity contribution < 1.29 is 22.5 Å². The second-order valence-electron chi connectivity index (χ2n) is 5.10. The summed E-state index contributed by atoms with van der Waals surface area (Å²) in [7, 11) is 0. The van der Waals surface area contributed by atoms with Gasteiger partial charge in [0.05, 0.1) is 0 Å². The van der Waals surface area contributed by atoms with E-state index in [2.05, 4.69) is 0 Å². The van der Waals surface area contributed by atoms with Gasteiger partial charge in [-0.3, -0.25) is 0 Å². The van der Waals surface area contributed by atoms with Gasteiger partial charge in [-0.25, -0.2) is 4.79 Å². The Morgan fingerprint density at radius 1 is 1.38 bits per heavy atom. The number of halogens is 3. The van der Waals surface area contributed by atoms with E-state index >= 15 is 0 Å². The molecule has 0 aliphatic carbocycles. The summed E-state index contributed by atoms with van der Waals surface area (Å²) in [6, 6.07) is 0. The molecular formula is C9H16BF3NO2-. The number of likely N-dealkylation sites (tertiary alicyclic amines) is 1. The van der Waals surface area contributed by atoms with E-state index in [1.807, 2.05) is 0 Å². The van der Waals surface area contributed by atoms with Crippen LogP contribution in [0, 0.1) is 0 Å². The fourth-order valence-corrected chi connectivity index (χ4v) is 1.59. The summed E-state index contributed by atoms with van der Waals surface area (Å²) >= 11 is 0. The highest BCUT2D eigenvalue weighted by Gasteiger charge is 2.41. The van der Waals surface area contributed by atoms with Crippen molar-refractivity contribution in [1.29, 1.82) is 0 Å². The number of ether oxygens (including phenoxy) is 1. The molecule has 0 spiro atoms. The molecule has 0 aromatic rings. The molecule has 1 aliphatic heterocycles. The maximum absolute atomic E-state index is 12.4. The summed E-state index contributed by atoms with van der Waals surface area (Å²) in [6.45, 7) is 0.0674. The lowest BCUT2D eigenvalue weighted by molar-refractivity contribution is 0.0294. The zero-order valence-corrected chi connectivity index (χ0v) is 9.67. The topological polar surface area (TPSA) is 29.5 Å². The average molecular weight is 238 g/mol. The molecule has 1 aliphatic rings. The lowest BCUT2D eigenvalue weighted by Crippen LogP contribution is -2.36. The van der Waals surface area contributed by atoms with Gasteiger partial charge >= 0.3 is 13.1 Å². The maximum Gasteiger partial charge on any atom is 0.483 e. The van der Waals surface area contributed by atoms with Crippen molar-refractivity contribution in [3.63, 3.8) is 0 Å². The van der Waals surface area contributed by atoms with Crippen LogP contribution in [0.25, 0.3) is 0 Å². The summed E-state index contributed by atoms with van der Waals surface area (Å²) < 4.78 is 42.3. The van der Waals surface area contributed by atoms with Gasteiger partial charge in [-0.15, -0.1) is 0 Å². The van der Waals surface area contributed by atoms with Crippen molar-refractivity contribution in [1.82, 2.24) is 4.90 Å². The van der Waals surface area contributed by atoms with Gasteiger partial charge in [0.15, 0.2) is 0 Å². The number of hydrogen-bond donors (Lipinski definition) is 0. The Bertz CT molecular complexity index is 275. The van der Waals surface area contributed by atoms with Gasteiger partial charge in [0.2, 0.25) is 0 Å². The minimum absolute atomic E-state index is 0.0112. The predicted octanol–water partition coefficient (Wildman–Crippen LogP) is 2.84. The standard InChI is InChI=1S/C9H16BF3NO2/c1-9(2,3)16-8(15)14-5-4-7(6-14)10(11,12)13/h7H,4-6H2,1-3H3/q-1/t7-/m1/s1. The van der Waals surface area contributed by atoms with Crippen LogP contribution in [0.3, 0.4) is 0 Å². The predicted molar refractivity (Wildman–Crippen MR) is 55.3 cm³/mol. The van der Waals surface area contributed by atoms with E-state index in [-0.39, 0.29) is 19.5 Å². The number of rotatable bonds is 1. The Balaban J connectivity index is 2.51. The second-order valence-corrected chi connectivity index (χ2v) is 5.10. The molecule has 0 saturated carbocycles. The van der Waals surface area contributed by atoms with Gasteiger partial charge in [0.25, 0.3) is 0 Å².